The van der Waals surface area contributed by atoms with Gasteiger partial charge in [-0.2, -0.15) is 0 Å². The van der Waals surface area contributed by atoms with Crippen LogP contribution in [0.1, 0.15) is 12.8 Å². The number of β-amino-alcohol motifs (C(OH)–C–C–N with tert-alkyl or cyclic N) is 2. The number of nitrogens with zero attached hydrogens (tertiary/aromatic N) is 1. The standard InChI is InChI=1S/C14H20BrNO3/c15-11-3-1-5-14(7-11)19-10-13(18)9-16-6-2-4-12(17)8-16/h1,3,5,7,12-13,17-18H,2,4,6,8-10H2/t12-,13-/m0/s1. The van der Waals surface area contributed by atoms with E-state index < -0.39 is 6.10 Å². The molecule has 1 aromatic rings. The minimum atomic E-state index is -0.538. The first-order valence-corrected chi connectivity index (χ1v) is 7.39. The van der Waals surface area contributed by atoms with Gasteiger partial charge in [0, 0.05) is 17.6 Å². The molecule has 0 bridgehead atoms. The van der Waals surface area contributed by atoms with Gasteiger partial charge in [0.15, 0.2) is 0 Å². The highest BCUT2D eigenvalue weighted by Gasteiger charge is 2.20. The lowest BCUT2D eigenvalue weighted by Gasteiger charge is -2.31. The van der Waals surface area contributed by atoms with Gasteiger partial charge >= 0.3 is 0 Å². The number of rotatable bonds is 5. The van der Waals surface area contributed by atoms with E-state index in [9.17, 15) is 10.2 Å². The molecule has 0 spiro atoms. The van der Waals surface area contributed by atoms with Crippen LogP contribution in [0, 0.1) is 0 Å². The minimum Gasteiger partial charge on any atom is -0.491 e. The van der Waals surface area contributed by atoms with Crippen molar-refractivity contribution in [3.05, 3.63) is 28.7 Å². The van der Waals surface area contributed by atoms with Gasteiger partial charge in [-0.05, 0) is 37.6 Å². The van der Waals surface area contributed by atoms with Crippen LogP contribution in [0.15, 0.2) is 28.7 Å². The molecule has 1 heterocycles. The second-order valence-electron chi connectivity index (χ2n) is 4.98. The van der Waals surface area contributed by atoms with Gasteiger partial charge in [0.05, 0.1) is 6.10 Å². The summed E-state index contributed by atoms with van der Waals surface area (Å²) in [5, 5.41) is 19.5. The summed E-state index contributed by atoms with van der Waals surface area (Å²) >= 11 is 3.38. The zero-order valence-corrected chi connectivity index (χ0v) is 12.4. The monoisotopic (exact) mass is 329 g/mol. The lowest BCUT2D eigenvalue weighted by Crippen LogP contribution is -2.43. The summed E-state index contributed by atoms with van der Waals surface area (Å²) in [4.78, 5) is 2.09. The normalized spacial score (nSPS) is 22.2. The van der Waals surface area contributed by atoms with Crippen LogP contribution < -0.4 is 4.74 Å². The molecule has 1 saturated heterocycles. The van der Waals surface area contributed by atoms with Crippen LogP contribution in [-0.2, 0) is 0 Å². The average molecular weight is 330 g/mol. The van der Waals surface area contributed by atoms with Crippen LogP contribution in [0.25, 0.3) is 0 Å². The van der Waals surface area contributed by atoms with Crippen molar-refractivity contribution in [2.45, 2.75) is 25.0 Å². The Labute approximate surface area is 122 Å². The van der Waals surface area contributed by atoms with Crippen molar-refractivity contribution < 1.29 is 14.9 Å². The number of halogens is 1. The van der Waals surface area contributed by atoms with Crippen LogP contribution in [-0.4, -0.2) is 53.6 Å². The fourth-order valence-electron chi connectivity index (χ4n) is 2.30. The predicted molar refractivity (Wildman–Crippen MR) is 77.3 cm³/mol. The molecule has 0 aliphatic carbocycles. The lowest BCUT2D eigenvalue weighted by molar-refractivity contribution is 0.0243. The van der Waals surface area contributed by atoms with Crippen molar-refractivity contribution >= 4 is 15.9 Å². The Morgan fingerprint density at radius 1 is 1.47 bits per heavy atom. The summed E-state index contributed by atoms with van der Waals surface area (Å²) in [5.41, 5.74) is 0. The van der Waals surface area contributed by atoms with Gasteiger partial charge in [-0.3, -0.25) is 4.90 Å². The first-order valence-electron chi connectivity index (χ1n) is 6.60. The maximum atomic E-state index is 9.96. The SMILES string of the molecule is O[C@H](COc1cccc(Br)c1)CN1CCC[C@H](O)C1. The molecule has 4 nitrogen and oxygen atoms in total. The molecule has 5 heteroatoms. The molecule has 0 unspecified atom stereocenters. The van der Waals surface area contributed by atoms with Crippen molar-refractivity contribution in [2.75, 3.05) is 26.2 Å². The molecular formula is C14H20BrNO3. The molecule has 0 aromatic heterocycles. The Hall–Kier alpha value is -0.620. The van der Waals surface area contributed by atoms with Crippen LogP contribution in [0.4, 0.5) is 0 Å². The van der Waals surface area contributed by atoms with Crippen LogP contribution >= 0.6 is 15.9 Å². The fourth-order valence-corrected chi connectivity index (χ4v) is 2.68. The van der Waals surface area contributed by atoms with E-state index in [0.717, 1.165) is 29.6 Å². The Morgan fingerprint density at radius 2 is 2.32 bits per heavy atom. The maximum Gasteiger partial charge on any atom is 0.120 e. The van der Waals surface area contributed by atoms with Gasteiger partial charge in [-0.15, -0.1) is 0 Å². The van der Waals surface area contributed by atoms with Crippen molar-refractivity contribution in [1.82, 2.24) is 4.90 Å². The summed E-state index contributed by atoms with van der Waals surface area (Å²) in [6.45, 7) is 2.40. The van der Waals surface area contributed by atoms with Crippen molar-refractivity contribution in [1.29, 1.82) is 0 Å². The number of hydrogen-bond acceptors (Lipinski definition) is 4. The smallest absolute Gasteiger partial charge is 0.120 e. The zero-order chi connectivity index (χ0) is 13.7. The first kappa shape index (κ1) is 14.8. The summed E-state index contributed by atoms with van der Waals surface area (Å²) in [7, 11) is 0. The third-order valence-corrected chi connectivity index (χ3v) is 3.68. The van der Waals surface area contributed by atoms with Crippen molar-refractivity contribution in [3.8, 4) is 5.75 Å². The van der Waals surface area contributed by atoms with E-state index in [1.54, 1.807) is 0 Å². The molecule has 0 amide bonds. The molecule has 1 fully saturated rings. The number of likely N-dealkylation sites (tertiary alicyclic amines) is 1. The number of piperidine rings is 1. The van der Waals surface area contributed by atoms with E-state index in [4.69, 9.17) is 4.74 Å². The second-order valence-corrected chi connectivity index (χ2v) is 5.89. The van der Waals surface area contributed by atoms with Crippen molar-refractivity contribution in [2.24, 2.45) is 0 Å². The van der Waals surface area contributed by atoms with Gasteiger partial charge in [-0.1, -0.05) is 22.0 Å². The number of hydrogen-bond donors (Lipinski definition) is 2. The van der Waals surface area contributed by atoms with E-state index in [1.807, 2.05) is 24.3 Å². The van der Waals surface area contributed by atoms with E-state index in [2.05, 4.69) is 20.8 Å². The highest BCUT2D eigenvalue weighted by Crippen LogP contribution is 2.18. The summed E-state index contributed by atoms with van der Waals surface area (Å²) in [6, 6.07) is 7.56. The molecule has 1 aromatic carbocycles. The van der Waals surface area contributed by atoms with Gasteiger partial charge in [0.1, 0.15) is 18.5 Å². The minimum absolute atomic E-state index is 0.257. The maximum absolute atomic E-state index is 9.96. The molecule has 0 saturated carbocycles. The number of aliphatic hydroxyl groups excluding tert-OH is 2. The molecular weight excluding hydrogens is 310 g/mol. The Balaban J connectivity index is 1.73. The average Bonchev–Trinajstić information content (AvgIpc) is 2.36. The largest absolute Gasteiger partial charge is 0.491 e. The summed E-state index contributed by atoms with van der Waals surface area (Å²) in [5.74, 6) is 0.743. The Bertz CT molecular complexity index is 402. The molecule has 2 atom stereocenters. The third kappa shape index (κ3) is 5.10. The fraction of sp³-hybridized carbons (Fsp3) is 0.571. The summed E-state index contributed by atoms with van der Waals surface area (Å²) < 4.78 is 6.50. The number of benzene rings is 1. The second kappa shape index (κ2) is 7.24. The zero-order valence-electron chi connectivity index (χ0n) is 10.8. The molecule has 0 radical (unpaired) electrons. The topological polar surface area (TPSA) is 52.9 Å². The van der Waals surface area contributed by atoms with Crippen LogP contribution in [0.2, 0.25) is 0 Å². The first-order chi connectivity index (χ1) is 9.13. The van der Waals surface area contributed by atoms with Gasteiger partial charge in [0.25, 0.3) is 0 Å². The summed E-state index contributed by atoms with van der Waals surface area (Å²) in [6.07, 6.45) is 1.05. The van der Waals surface area contributed by atoms with E-state index in [0.29, 0.717) is 13.1 Å². The number of ether oxygens (including phenoxy) is 1. The molecule has 19 heavy (non-hydrogen) atoms. The lowest BCUT2D eigenvalue weighted by atomic mass is 10.1. The highest BCUT2D eigenvalue weighted by atomic mass is 79.9. The molecule has 2 rings (SSSR count). The quantitative estimate of drug-likeness (QED) is 0.862. The molecule has 1 aliphatic heterocycles. The predicted octanol–water partition coefficient (Wildman–Crippen LogP) is 1.65. The van der Waals surface area contributed by atoms with Crippen molar-refractivity contribution in [3.63, 3.8) is 0 Å². The van der Waals surface area contributed by atoms with Crippen LogP contribution in [0.3, 0.4) is 0 Å². The highest BCUT2D eigenvalue weighted by molar-refractivity contribution is 9.10. The van der Waals surface area contributed by atoms with Crippen LogP contribution in [0.5, 0.6) is 5.75 Å². The number of aliphatic hydroxyl groups is 2. The van der Waals surface area contributed by atoms with Gasteiger partial charge in [-0.25, -0.2) is 0 Å². The third-order valence-electron chi connectivity index (χ3n) is 3.19. The Morgan fingerprint density at radius 3 is 3.05 bits per heavy atom. The van der Waals surface area contributed by atoms with Gasteiger partial charge < -0.3 is 14.9 Å². The molecule has 1 aliphatic rings. The van der Waals surface area contributed by atoms with Gasteiger partial charge in [0.2, 0.25) is 0 Å². The Kier molecular flexibility index (Phi) is 5.63. The van der Waals surface area contributed by atoms with E-state index >= 15 is 0 Å². The molecule has 106 valence electrons. The van der Waals surface area contributed by atoms with E-state index in [-0.39, 0.29) is 12.7 Å². The molecule has 2 N–H and O–H groups in total. The van der Waals surface area contributed by atoms with E-state index in [1.165, 1.54) is 0 Å².